The van der Waals surface area contributed by atoms with E-state index in [1.54, 1.807) is 13.8 Å². The normalized spacial score (nSPS) is 44.6. The molecular formula is C48H79N3O5. The van der Waals surface area contributed by atoms with E-state index in [0.29, 0.717) is 47.0 Å². The zero-order valence-corrected chi connectivity index (χ0v) is 37.0. The monoisotopic (exact) mass is 778 g/mol. The number of rotatable bonds is 9. The van der Waals surface area contributed by atoms with Crippen LogP contribution in [0.3, 0.4) is 0 Å². The number of fused-ring (bicyclic) bond motifs is 7. The number of carboxylic acids is 1. The molecular weight excluding hydrogens is 699 g/mol. The Bertz CT molecular complexity index is 1550. The summed E-state index contributed by atoms with van der Waals surface area (Å²) in [5.41, 5.74) is -0.538. The molecule has 0 bridgehead atoms. The van der Waals surface area contributed by atoms with Crippen LogP contribution in [0.2, 0.25) is 0 Å². The quantitative estimate of drug-likeness (QED) is 0.234. The number of hydrogen-bond donors (Lipinski definition) is 1. The number of ether oxygens (including phenoxy) is 1. The lowest BCUT2D eigenvalue weighted by molar-refractivity contribution is -0.251. The fourth-order valence-electron chi connectivity index (χ4n) is 16.3. The van der Waals surface area contributed by atoms with Crippen LogP contribution in [0, 0.1) is 67.5 Å². The van der Waals surface area contributed by atoms with E-state index in [9.17, 15) is 14.7 Å². The minimum Gasteiger partial charge on any atom is -0.481 e. The lowest BCUT2D eigenvalue weighted by atomic mass is 9.32. The van der Waals surface area contributed by atoms with Gasteiger partial charge in [-0.25, -0.2) is 0 Å². The Morgan fingerprint density at radius 2 is 1.41 bits per heavy atom. The first-order valence-electron chi connectivity index (χ1n) is 23.4. The van der Waals surface area contributed by atoms with Gasteiger partial charge in [-0.15, -0.1) is 0 Å². The van der Waals surface area contributed by atoms with Crippen LogP contribution in [0.5, 0.6) is 0 Å². The standard InChI is InChI=1S/C48H79N3O5/c1-10-49-26-28-50(29-27-49)31-32-12-11-25-51(32)40(53)48-20-15-33(44(6)21-22-44)39(48)34-13-14-36-45(7)18-17-37(56-38(52)30-42(2,3)41(54)55)43(4,5)35(45)16-19-47(36,9)46(34,8)23-24-48/h32-37,39H,10-31H2,1-9H3,(H,54,55)/t32-,33+,34+,35-,36+,37-,39+,45-,46+,47+,48-/m0/s1. The van der Waals surface area contributed by atoms with Gasteiger partial charge in [0.2, 0.25) is 5.91 Å². The number of likely N-dealkylation sites (N-methyl/N-ethyl adjacent to an activating group) is 1. The Balaban J connectivity index is 1.04. The van der Waals surface area contributed by atoms with Gasteiger partial charge in [0.15, 0.2) is 0 Å². The number of likely N-dealkylation sites (tertiary alicyclic amines) is 1. The van der Waals surface area contributed by atoms with Gasteiger partial charge in [0.1, 0.15) is 6.10 Å². The van der Waals surface area contributed by atoms with Gasteiger partial charge in [-0.05, 0) is 162 Å². The maximum atomic E-state index is 15.6. The molecule has 1 N–H and O–H groups in total. The minimum atomic E-state index is -1.14. The number of nitrogens with zero attached hydrogens (tertiary/aromatic N) is 3. The highest BCUT2D eigenvalue weighted by Crippen LogP contribution is 2.79. The second-order valence-electron chi connectivity index (χ2n) is 23.4. The Kier molecular flexibility index (Phi) is 10.2. The largest absolute Gasteiger partial charge is 0.481 e. The number of carbonyl (C=O) groups is 3. The van der Waals surface area contributed by atoms with Crippen molar-refractivity contribution in [3.8, 4) is 0 Å². The number of esters is 1. The molecule has 8 aliphatic rings. The van der Waals surface area contributed by atoms with Crippen molar-refractivity contribution in [2.75, 3.05) is 45.8 Å². The van der Waals surface area contributed by atoms with Crippen LogP contribution in [0.15, 0.2) is 0 Å². The van der Waals surface area contributed by atoms with Crippen molar-refractivity contribution in [1.82, 2.24) is 14.7 Å². The topological polar surface area (TPSA) is 90.4 Å². The van der Waals surface area contributed by atoms with Gasteiger partial charge in [0.05, 0.1) is 17.3 Å². The predicted molar refractivity (Wildman–Crippen MR) is 221 cm³/mol. The molecule has 0 aromatic carbocycles. The smallest absolute Gasteiger partial charge is 0.309 e. The number of aliphatic carboxylic acids is 1. The van der Waals surface area contributed by atoms with Crippen LogP contribution in [0.25, 0.3) is 0 Å². The highest BCUT2D eigenvalue weighted by molar-refractivity contribution is 5.84. The van der Waals surface area contributed by atoms with Gasteiger partial charge < -0.3 is 19.6 Å². The van der Waals surface area contributed by atoms with Crippen molar-refractivity contribution in [2.24, 2.45) is 67.5 Å². The molecule has 8 fully saturated rings. The van der Waals surface area contributed by atoms with Crippen molar-refractivity contribution in [1.29, 1.82) is 0 Å². The van der Waals surface area contributed by atoms with E-state index in [1.807, 2.05) is 0 Å². The first-order chi connectivity index (χ1) is 26.3. The third kappa shape index (κ3) is 6.18. The van der Waals surface area contributed by atoms with Crippen LogP contribution in [-0.2, 0) is 19.1 Å². The van der Waals surface area contributed by atoms with Crippen molar-refractivity contribution in [3.63, 3.8) is 0 Å². The van der Waals surface area contributed by atoms with Gasteiger partial charge in [0.25, 0.3) is 0 Å². The molecule has 2 heterocycles. The lowest BCUT2D eigenvalue weighted by Gasteiger charge is -2.73. The molecule has 0 aromatic rings. The van der Waals surface area contributed by atoms with Crippen LogP contribution in [0.4, 0.5) is 0 Å². The predicted octanol–water partition coefficient (Wildman–Crippen LogP) is 8.91. The number of hydrogen-bond acceptors (Lipinski definition) is 6. The van der Waals surface area contributed by atoms with E-state index in [2.05, 4.69) is 63.2 Å². The average Bonchev–Trinajstić information content (AvgIpc) is 3.51. The first-order valence-corrected chi connectivity index (χ1v) is 23.4. The van der Waals surface area contributed by atoms with E-state index < -0.39 is 11.4 Å². The second kappa shape index (κ2) is 13.9. The van der Waals surface area contributed by atoms with Gasteiger partial charge in [0, 0.05) is 50.7 Å². The maximum absolute atomic E-state index is 15.6. The third-order valence-electron chi connectivity index (χ3n) is 20.2. The molecule has 316 valence electrons. The van der Waals surface area contributed by atoms with Crippen molar-refractivity contribution < 1.29 is 24.2 Å². The van der Waals surface area contributed by atoms with Gasteiger partial charge in [-0.1, -0.05) is 48.5 Å². The summed E-state index contributed by atoms with van der Waals surface area (Å²) >= 11 is 0. The Hall–Kier alpha value is -1.67. The van der Waals surface area contributed by atoms with E-state index in [0.717, 1.165) is 84.3 Å². The Morgan fingerprint density at radius 3 is 2.07 bits per heavy atom. The molecule has 56 heavy (non-hydrogen) atoms. The highest BCUT2D eigenvalue weighted by atomic mass is 16.5. The highest BCUT2D eigenvalue weighted by Gasteiger charge is 2.74. The first kappa shape index (κ1) is 41.1. The number of amides is 1. The average molecular weight is 778 g/mol. The van der Waals surface area contributed by atoms with Crippen LogP contribution < -0.4 is 0 Å². The molecule has 0 unspecified atom stereocenters. The summed E-state index contributed by atoms with van der Waals surface area (Å²) in [5, 5.41) is 9.67. The molecule has 0 aromatic heterocycles. The molecule has 6 saturated carbocycles. The summed E-state index contributed by atoms with van der Waals surface area (Å²) in [6.07, 6.45) is 16.1. The van der Waals surface area contributed by atoms with E-state index >= 15 is 4.79 Å². The zero-order valence-electron chi connectivity index (χ0n) is 37.0. The summed E-state index contributed by atoms with van der Waals surface area (Å²) in [4.78, 5) is 48.2. The summed E-state index contributed by atoms with van der Waals surface area (Å²) in [6.45, 7) is 28.5. The SMILES string of the molecule is CCN1CCN(C[C@@H]2CCCN2C(=O)[C@]23CC[C@@H](C4(C)CC4)[C@@H]2[C@H]2CC[C@@H]4[C@@]5(C)CC[C@H](OC(=O)CC(C)(C)C(=O)O)C(C)(C)[C@@H]5CC[C@@]4(C)[C@]2(C)CC3)CC1. The molecule has 6 aliphatic carbocycles. The summed E-state index contributed by atoms with van der Waals surface area (Å²) in [6, 6.07) is 0.375. The molecule has 1 amide bonds. The third-order valence-corrected chi connectivity index (χ3v) is 20.2. The van der Waals surface area contributed by atoms with E-state index in [1.165, 1.54) is 51.4 Å². The fourth-order valence-corrected chi connectivity index (χ4v) is 16.3. The molecule has 0 radical (unpaired) electrons. The second-order valence-corrected chi connectivity index (χ2v) is 23.4. The van der Waals surface area contributed by atoms with Crippen LogP contribution in [0.1, 0.15) is 159 Å². The molecule has 2 aliphatic heterocycles. The van der Waals surface area contributed by atoms with Gasteiger partial charge in [-0.3, -0.25) is 19.3 Å². The molecule has 0 spiro atoms. The van der Waals surface area contributed by atoms with Crippen molar-refractivity contribution >= 4 is 17.8 Å². The van der Waals surface area contributed by atoms with E-state index in [-0.39, 0.29) is 45.6 Å². The van der Waals surface area contributed by atoms with Crippen LogP contribution in [-0.4, -0.2) is 95.6 Å². The summed E-state index contributed by atoms with van der Waals surface area (Å²) in [7, 11) is 0. The number of carbonyl (C=O) groups excluding carboxylic acids is 2. The van der Waals surface area contributed by atoms with Crippen LogP contribution >= 0.6 is 0 Å². The van der Waals surface area contributed by atoms with Crippen molar-refractivity contribution in [3.05, 3.63) is 0 Å². The summed E-state index contributed by atoms with van der Waals surface area (Å²) < 4.78 is 6.24. The van der Waals surface area contributed by atoms with Gasteiger partial charge in [-0.2, -0.15) is 0 Å². The molecule has 2 saturated heterocycles. The van der Waals surface area contributed by atoms with Gasteiger partial charge >= 0.3 is 11.9 Å². The molecule has 8 rings (SSSR count). The van der Waals surface area contributed by atoms with Crippen molar-refractivity contribution in [2.45, 2.75) is 171 Å². The Labute approximate surface area is 340 Å². The number of piperazine rings is 1. The zero-order chi connectivity index (χ0) is 40.3. The fraction of sp³-hybridized carbons (Fsp3) is 0.938. The Morgan fingerprint density at radius 1 is 0.714 bits per heavy atom. The minimum absolute atomic E-state index is 0.0999. The molecule has 11 atom stereocenters. The summed E-state index contributed by atoms with van der Waals surface area (Å²) in [5.74, 6) is 2.04. The molecule has 8 heteroatoms. The number of carboxylic acid groups (broad SMARTS) is 1. The molecule has 8 nitrogen and oxygen atoms in total. The maximum Gasteiger partial charge on any atom is 0.309 e. The van der Waals surface area contributed by atoms with E-state index in [4.69, 9.17) is 4.74 Å². The lowest BCUT2D eigenvalue weighted by Crippen LogP contribution is -2.68.